The third-order valence-electron chi connectivity index (χ3n) is 3.77. The Morgan fingerprint density at radius 3 is 2.11 bits per heavy atom. The van der Waals surface area contributed by atoms with Gasteiger partial charge in [-0.3, -0.25) is 0 Å². The summed E-state index contributed by atoms with van der Waals surface area (Å²) in [6.07, 6.45) is -5.08. The summed E-state index contributed by atoms with van der Waals surface area (Å²) < 4.78 is 38.7. The number of ether oxygens (including phenoxy) is 1. The Bertz CT molecular complexity index is 977. The predicted octanol–water partition coefficient (Wildman–Crippen LogP) is 4.03. The molecule has 0 radical (unpaired) electrons. The number of rotatable bonds is 4. The first-order valence-electron chi connectivity index (χ1n) is 7.88. The van der Waals surface area contributed by atoms with Crippen molar-refractivity contribution in [3.63, 3.8) is 0 Å². The van der Waals surface area contributed by atoms with Gasteiger partial charge in [-0.2, -0.15) is 13.2 Å². The molecule has 0 saturated carbocycles. The van der Waals surface area contributed by atoms with Crippen molar-refractivity contribution in [1.82, 2.24) is 4.57 Å². The number of fused-ring (bicyclic) bond motifs is 1. The van der Waals surface area contributed by atoms with Crippen LogP contribution in [-0.4, -0.2) is 40.0 Å². The summed E-state index contributed by atoms with van der Waals surface area (Å²) in [4.78, 5) is 20.3. The molecule has 6 nitrogen and oxygen atoms in total. The molecular formula is C19H16F3NO5. The fraction of sp³-hybridized carbons (Fsp3) is 0.158. The molecule has 0 bridgehead atoms. The quantitative estimate of drug-likeness (QED) is 0.696. The minimum Gasteiger partial charge on any atom is -0.497 e. The maximum atomic E-state index is 11.4. The van der Waals surface area contributed by atoms with Crippen molar-refractivity contribution in [2.75, 3.05) is 7.11 Å². The van der Waals surface area contributed by atoms with E-state index in [-0.39, 0.29) is 0 Å². The summed E-state index contributed by atoms with van der Waals surface area (Å²) in [5.41, 5.74) is 2.25. The van der Waals surface area contributed by atoms with Gasteiger partial charge in [0.15, 0.2) is 0 Å². The molecule has 2 N–H and O–H groups in total. The first-order chi connectivity index (χ1) is 13.1. The molecule has 9 heteroatoms. The average molecular weight is 395 g/mol. The predicted molar refractivity (Wildman–Crippen MR) is 94.7 cm³/mol. The maximum absolute atomic E-state index is 11.4. The van der Waals surface area contributed by atoms with E-state index in [1.807, 2.05) is 53.1 Å². The van der Waals surface area contributed by atoms with Crippen molar-refractivity contribution in [2.45, 2.75) is 12.7 Å². The first kappa shape index (κ1) is 20.8. The number of hydrogen-bond donors (Lipinski definition) is 2. The molecule has 28 heavy (non-hydrogen) atoms. The molecule has 0 saturated heterocycles. The third-order valence-corrected chi connectivity index (χ3v) is 3.77. The molecule has 0 fully saturated rings. The minimum absolute atomic E-state index is 0.298. The number of nitrogens with zero attached hydrogens (tertiary/aromatic N) is 1. The van der Waals surface area contributed by atoms with Crippen molar-refractivity contribution in [2.24, 2.45) is 0 Å². The standard InChI is InChI=1S/C17H15NO3.C2HF3O2/c1-21-14-8-6-12(7-9-14)11-18-15-5-3-2-4-13(15)10-16(18)17(19)20;3-2(4,5)1(6)7/h2-10H,11H2,1H3,(H,19,20);(H,6,7). The number of hydrogen-bond acceptors (Lipinski definition) is 3. The fourth-order valence-corrected chi connectivity index (χ4v) is 2.47. The Labute approximate surface area is 157 Å². The molecule has 0 unspecified atom stereocenters. The first-order valence-corrected chi connectivity index (χ1v) is 7.88. The van der Waals surface area contributed by atoms with Crippen molar-refractivity contribution >= 4 is 22.8 Å². The number of carboxylic acid groups (broad SMARTS) is 2. The van der Waals surface area contributed by atoms with E-state index in [9.17, 15) is 23.1 Å². The highest BCUT2D eigenvalue weighted by Gasteiger charge is 2.38. The normalized spacial score (nSPS) is 10.9. The van der Waals surface area contributed by atoms with Crippen molar-refractivity contribution < 1.29 is 37.7 Å². The van der Waals surface area contributed by atoms with Crippen molar-refractivity contribution in [1.29, 1.82) is 0 Å². The molecule has 1 heterocycles. The minimum atomic E-state index is -5.08. The Kier molecular flexibility index (Phi) is 6.29. The van der Waals surface area contributed by atoms with Gasteiger partial charge in [0.1, 0.15) is 11.4 Å². The van der Waals surface area contributed by atoms with Gasteiger partial charge in [-0.05, 0) is 29.8 Å². The Morgan fingerprint density at radius 2 is 1.61 bits per heavy atom. The molecule has 2 aromatic carbocycles. The van der Waals surface area contributed by atoms with Gasteiger partial charge in [-0.25, -0.2) is 9.59 Å². The number of benzene rings is 2. The summed E-state index contributed by atoms with van der Waals surface area (Å²) in [5.74, 6) is -2.89. The highest BCUT2D eigenvalue weighted by atomic mass is 19.4. The summed E-state index contributed by atoms with van der Waals surface area (Å²) in [6, 6.07) is 17.0. The highest BCUT2D eigenvalue weighted by Crippen LogP contribution is 2.22. The molecule has 0 aliphatic rings. The lowest BCUT2D eigenvalue weighted by Crippen LogP contribution is -2.21. The van der Waals surface area contributed by atoms with Gasteiger partial charge < -0.3 is 19.5 Å². The van der Waals surface area contributed by atoms with E-state index in [1.54, 1.807) is 13.2 Å². The number of methoxy groups -OCH3 is 1. The van der Waals surface area contributed by atoms with Gasteiger partial charge in [0.05, 0.1) is 7.11 Å². The monoisotopic (exact) mass is 395 g/mol. The number of alkyl halides is 3. The zero-order chi connectivity index (χ0) is 20.9. The van der Waals surface area contributed by atoms with Crippen LogP contribution in [0.3, 0.4) is 0 Å². The smallest absolute Gasteiger partial charge is 0.490 e. The summed E-state index contributed by atoms with van der Waals surface area (Å²) >= 11 is 0. The summed E-state index contributed by atoms with van der Waals surface area (Å²) in [6.45, 7) is 0.513. The molecule has 0 amide bonds. The second-order valence-corrected chi connectivity index (χ2v) is 5.63. The van der Waals surface area contributed by atoms with Crippen LogP contribution in [0.4, 0.5) is 13.2 Å². The number of para-hydroxylation sites is 1. The third kappa shape index (κ3) is 5.03. The molecule has 0 aliphatic carbocycles. The fourth-order valence-electron chi connectivity index (χ4n) is 2.47. The van der Waals surface area contributed by atoms with Gasteiger partial charge in [-0.1, -0.05) is 30.3 Å². The Morgan fingerprint density at radius 1 is 1.04 bits per heavy atom. The zero-order valence-corrected chi connectivity index (χ0v) is 14.6. The van der Waals surface area contributed by atoms with Crippen LogP contribution in [-0.2, 0) is 11.3 Å². The van der Waals surface area contributed by atoms with E-state index in [2.05, 4.69) is 0 Å². The molecule has 3 aromatic rings. The lowest BCUT2D eigenvalue weighted by molar-refractivity contribution is -0.192. The van der Waals surface area contributed by atoms with Crippen LogP contribution >= 0.6 is 0 Å². The maximum Gasteiger partial charge on any atom is 0.490 e. The van der Waals surface area contributed by atoms with Crippen LogP contribution < -0.4 is 4.74 Å². The number of aliphatic carboxylic acids is 1. The van der Waals surface area contributed by atoms with Crippen LogP contribution in [0, 0.1) is 0 Å². The topological polar surface area (TPSA) is 88.8 Å². The molecule has 148 valence electrons. The highest BCUT2D eigenvalue weighted by molar-refractivity contribution is 5.94. The second kappa shape index (κ2) is 8.47. The molecule has 1 aromatic heterocycles. The van der Waals surface area contributed by atoms with Gasteiger partial charge in [0, 0.05) is 17.4 Å². The summed E-state index contributed by atoms with van der Waals surface area (Å²) in [7, 11) is 1.62. The Hall–Kier alpha value is -3.49. The van der Waals surface area contributed by atoms with Gasteiger partial charge in [0.2, 0.25) is 0 Å². The molecule has 0 atom stereocenters. The van der Waals surface area contributed by atoms with Crippen LogP contribution in [0.1, 0.15) is 16.1 Å². The van der Waals surface area contributed by atoms with E-state index >= 15 is 0 Å². The van der Waals surface area contributed by atoms with Crippen LogP contribution in [0.5, 0.6) is 5.75 Å². The molecule has 0 aliphatic heterocycles. The number of aromatic carboxylic acids is 1. The van der Waals surface area contributed by atoms with E-state index in [0.29, 0.717) is 12.2 Å². The number of carboxylic acids is 2. The van der Waals surface area contributed by atoms with Crippen molar-refractivity contribution in [3.8, 4) is 5.75 Å². The lowest BCUT2D eigenvalue weighted by atomic mass is 10.2. The van der Waals surface area contributed by atoms with Crippen LogP contribution in [0.15, 0.2) is 54.6 Å². The molecule has 3 rings (SSSR count). The second-order valence-electron chi connectivity index (χ2n) is 5.63. The van der Waals surface area contributed by atoms with E-state index in [1.165, 1.54) is 0 Å². The average Bonchev–Trinajstić information content (AvgIpc) is 3.01. The SMILES string of the molecule is COc1ccc(Cn2c(C(=O)O)cc3ccccc32)cc1.O=C(O)C(F)(F)F. The van der Waals surface area contributed by atoms with Crippen LogP contribution in [0.2, 0.25) is 0 Å². The number of aromatic nitrogens is 1. The zero-order valence-electron chi connectivity index (χ0n) is 14.6. The number of halogens is 3. The number of carbonyl (C=O) groups is 2. The largest absolute Gasteiger partial charge is 0.497 e. The lowest BCUT2D eigenvalue weighted by Gasteiger charge is -2.09. The van der Waals surface area contributed by atoms with Gasteiger partial charge in [0.25, 0.3) is 0 Å². The van der Waals surface area contributed by atoms with Gasteiger partial charge in [-0.15, -0.1) is 0 Å². The van der Waals surface area contributed by atoms with E-state index in [0.717, 1.165) is 22.2 Å². The molecular weight excluding hydrogens is 379 g/mol. The summed E-state index contributed by atoms with van der Waals surface area (Å²) in [5, 5.41) is 17.4. The van der Waals surface area contributed by atoms with Crippen LogP contribution in [0.25, 0.3) is 10.9 Å². The Balaban J connectivity index is 0.000000345. The molecule has 0 spiro atoms. The van der Waals surface area contributed by atoms with E-state index in [4.69, 9.17) is 14.6 Å². The van der Waals surface area contributed by atoms with E-state index < -0.39 is 18.1 Å². The van der Waals surface area contributed by atoms with Crippen molar-refractivity contribution in [3.05, 3.63) is 65.9 Å². The van der Waals surface area contributed by atoms with Gasteiger partial charge >= 0.3 is 18.1 Å².